The largest absolute Gasteiger partial charge is 0.352 e. The molecule has 1 heterocycles. The van der Waals surface area contributed by atoms with Crippen molar-refractivity contribution in [1.82, 2.24) is 25.7 Å². The Morgan fingerprint density at radius 3 is 2.26 bits per heavy atom. The second-order valence-electron chi connectivity index (χ2n) is 9.77. The molecule has 11 heteroatoms. The minimum atomic E-state index is -3.68. The normalized spacial score (nSPS) is 18.6. The molecule has 10 nitrogen and oxygen atoms in total. The molecule has 0 bridgehead atoms. The maximum atomic E-state index is 12.5. The van der Waals surface area contributed by atoms with Crippen molar-refractivity contribution in [2.75, 3.05) is 20.6 Å². The average Bonchev–Trinajstić information content (AvgIpc) is 3.37. The molecule has 1 aliphatic rings. The van der Waals surface area contributed by atoms with Crippen LogP contribution in [-0.2, 0) is 20.4 Å². The lowest BCUT2D eigenvalue weighted by Crippen LogP contribution is -2.44. The van der Waals surface area contributed by atoms with Crippen molar-refractivity contribution in [3.63, 3.8) is 0 Å². The van der Waals surface area contributed by atoms with Crippen LogP contribution in [0.15, 0.2) is 70.1 Å². The number of hydrogen-bond acceptors (Lipinski definition) is 8. The molecule has 2 aromatic carbocycles. The van der Waals surface area contributed by atoms with Crippen LogP contribution in [0.1, 0.15) is 53.8 Å². The highest BCUT2D eigenvalue weighted by Gasteiger charge is 2.30. The first-order chi connectivity index (χ1) is 18.2. The molecular weight excluding hydrogens is 506 g/mol. The van der Waals surface area contributed by atoms with Gasteiger partial charge in [-0.1, -0.05) is 53.7 Å². The third-order valence-electron chi connectivity index (χ3n) is 6.77. The molecule has 3 aromatic rings. The zero-order valence-electron chi connectivity index (χ0n) is 21.5. The molecule has 0 saturated heterocycles. The molecule has 1 aliphatic carbocycles. The molecule has 0 radical (unpaired) electrons. The van der Waals surface area contributed by atoms with E-state index in [9.17, 15) is 18.0 Å². The molecule has 38 heavy (non-hydrogen) atoms. The van der Waals surface area contributed by atoms with Crippen molar-refractivity contribution >= 4 is 21.7 Å². The Hall–Kier alpha value is -3.57. The predicted octanol–water partition coefficient (Wildman–Crippen LogP) is 2.75. The second-order valence-corrected chi connectivity index (χ2v) is 11.8. The number of carbonyl (C=O) groups is 2. The van der Waals surface area contributed by atoms with E-state index in [1.807, 2.05) is 6.07 Å². The summed E-state index contributed by atoms with van der Waals surface area (Å²) in [5.41, 5.74) is 1.30. The maximum absolute atomic E-state index is 12.5. The van der Waals surface area contributed by atoms with Crippen molar-refractivity contribution in [2.24, 2.45) is 5.92 Å². The van der Waals surface area contributed by atoms with Gasteiger partial charge in [-0.05, 0) is 63.4 Å². The summed E-state index contributed by atoms with van der Waals surface area (Å²) in [5.74, 6) is -1.58. The van der Waals surface area contributed by atoms with E-state index >= 15 is 0 Å². The summed E-state index contributed by atoms with van der Waals surface area (Å²) >= 11 is 0. The van der Waals surface area contributed by atoms with Gasteiger partial charge >= 0.3 is 11.8 Å². The molecule has 1 fully saturated rings. The Morgan fingerprint density at radius 2 is 1.63 bits per heavy atom. The molecule has 1 unspecified atom stereocenters. The summed E-state index contributed by atoms with van der Waals surface area (Å²) in [5, 5.41) is 9.05. The Bertz CT molecular complexity index is 1320. The van der Waals surface area contributed by atoms with Crippen LogP contribution in [0, 0.1) is 5.92 Å². The zero-order chi connectivity index (χ0) is 27.1. The molecule has 4 rings (SSSR count). The van der Waals surface area contributed by atoms with Crippen molar-refractivity contribution in [3.8, 4) is 0 Å². The summed E-state index contributed by atoms with van der Waals surface area (Å²) in [7, 11) is 0.518. The van der Waals surface area contributed by atoms with E-state index in [0.717, 1.165) is 25.7 Å². The third-order valence-corrected chi connectivity index (χ3v) is 8.40. The van der Waals surface area contributed by atoms with Gasteiger partial charge in [0.1, 0.15) is 5.75 Å². The quantitative estimate of drug-likeness (QED) is 0.402. The van der Waals surface area contributed by atoms with Gasteiger partial charge in [0, 0.05) is 12.1 Å². The molecule has 2 amide bonds. The van der Waals surface area contributed by atoms with Crippen LogP contribution in [-0.4, -0.2) is 62.0 Å². The lowest BCUT2D eigenvalue weighted by molar-refractivity contribution is -0.121. The molecule has 0 aliphatic heterocycles. The Balaban J connectivity index is 1.23. The number of sulfone groups is 1. The fraction of sp³-hybridized carbons (Fsp3) is 0.407. The molecule has 1 saturated carbocycles. The number of carbonyl (C=O) groups excluding carboxylic acids is 2. The smallest absolute Gasteiger partial charge is 0.315 e. The van der Waals surface area contributed by atoms with Crippen LogP contribution >= 0.6 is 0 Å². The first kappa shape index (κ1) is 27.5. The monoisotopic (exact) mass is 539 g/mol. The van der Waals surface area contributed by atoms with E-state index in [1.165, 1.54) is 17.7 Å². The Labute approximate surface area is 222 Å². The lowest BCUT2D eigenvalue weighted by atomic mass is 9.78. The number of nitrogens with zero attached hydrogens (tertiary/aromatic N) is 3. The number of hydrogen-bond donors (Lipinski definition) is 2. The van der Waals surface area contributed by atoms with E-state index in [1.54, 1.807) is 18.2 Å². The number of aromatic nitrogens is 2. The summed E-state index contributed by atoms with van der Waals surface area (Å²) in [6, 6.07) is 18.7. The van der Waals surface area contributed by atoms with Crippen molar-refractivity contribution in [3.05, 3.63) is 77.9 Å². The summed E-state index contributed by atoms with van der Waals surface area (Å²) in [6.45, 7) is -0.247. The second kappa shape index (κ2) is 12.3. The molecule has 1 atom stereocenters. The predicted molar refractivity (Wildman–Crippen MR) is 141 cm³/mol. The highest BCUT2D eigenvalue weighted by Crippen LogP contribution is 2.37. The SMILES string of the molecule is CN(C)C(c1ccccc1)C1CCC(NC(=O)CNC(=O)c2nc(CS(=O)(=O)c3ccccc3)no2)CC1. The summed E-state index contributed by atoms with van der Waals surface area (Å²) in [6.07, 6.45) is 3.71. The first-order valence-corrected chi connectivity index (χ1v) is 14.3. The summed E-state index contributed by atoms with van der Waals surface area (Å²) < 4.78 is 29.8. The van der Waals surface area contributed by atoms with Crippen LogP contribution in [0.3, 0.4) is 0 Å². The highest BCUT2D eigenvalue weighted by atomic mass is 32.2. The van der Waals surface area contributed by atoms with Crippen LogP contribution < -0.4 is 10.6 Å². The van der Waals surface area contributed by atoms with Gasteiger partial charge in [0.2, 0.25) is 5.91 Å². The minimum absolute atomic E-state index is 0.0486. The van der Waals surface area contributed by atoms with Gasteiger partial charge in [0.05, 0.1) is 11.4 Å². The van der Waals surface area contributed by atoms with Crippen LogP contribution in [0.2, 0.25) is 0 Å². The average molecular weight is 540 g/mol. The van der Waals surface area contributed by atoms with Crippen molar-refractivity contribution in [2.45, 2.75) is 48.4 Å². The molecule has 0 spiro atoms. The van der Waals surface area contributed by atoms with Gasteiger partial charge in [-0.25, -0.2) is 8.42 Å². The van der Waals surface area contributed by atoms with E-state index in [0.29, 0.717) is 12.0 Å². The lowest BCUT2D eigenvalue weighted by Gasteiger charge is -2.37. The van der Waals surface area contributed by atoms with Crippen molar-refractivity contribution < 1.29 is 22.5 Å². The van der Waals surface area contributed by atoms with E-state index < -0.39 is 27.4 Å². The third kappa shape index (κ3) is 7.05. The summed E-state index contributed by atoms with van der Waals surface area (Å²) in [4.78, 5) is 31.1. The van der Waals surface area contributed by atoms with Gasteiger partial charge in [0.25, 0.3) is 0 Å². The fourth-order valence-electron chi connectivity index (χ4n) is 5.02. The van der Waals surface area contributed by atoms with E-state index in [4.69, 9.17) is 4.52 Å². The maximum Gasteiger partial charge on any atom is 0.315 e. The zero-order valence-corrected chi connectivity index (χ0v) is 22.4. The van der Waals surface area contributed by atoms with Gasteiger partial charge < -0.3 is 20.1 Å². The van der Waals surface area contributed by atoms with E-state index in [-0.39, 0.29) is 29.2 Å². The molecule has 1 aromatic heterocycles. The topological polar surface area (TPSA) is 134 Å². The molecule has 2 N–H and O–H groups in total. The number of nitrogens with one attached hydrogen (secondary N) is 2. The van der Waals surface area contributed by atoms with Crippen LogP contribution in [0.25, 0.3) is 0 Å². The van der Waals surface area contributed by atoms with Crippen LogP contribution in [0.4, 0.5) is 0 Å². The minimum Gasteiger partial charge on any atom is -0.352 e. The number of rotatable bonds is 10. The Morgan fingerprint density at radius 1 is 1.00 bits per heavy atom. The van der Waals surface area contributed by atoms with Gasteiger partial charge in [-0.3, -0.25) is 9.59 Å². The van der Waals surface area contributed by atoms with Gasteiger partial charge in [-0.2, -0.15) is 4.98 Å². The van der Waals surface area contributed by atoms with E-state index in [2.05, 4.69) is 64.0 Å². The van der Waals surface area contributed by atoms with Crippen LogP contribution in [0.5, 0.6) is 0 Å². The first-order valence-electron chi connectivity index (χ1n) is 12.6. The highest BCUT2D eigenvalue weighted by molar-refractivity contribution is 7.90. The number of benzene rings is 2. The Kier molecular flexibility index (Phi) is 8.90. The fourth-order valence-corrected chi connectivity index (χ4v) is 6.22. The molecule has 202 valence electrons. The number of amides is 2. The van der Waals surface area contributed by atoms with Crippen molar-refractivity contribution in [1.29, 1.82) is 0 Å². The van der Waals surface area contributed by atoms with Gasteiger partial charge in [0.15, 0.2) is 15.7 Å². The standard InChI is InChI=1S/C27H33N5O5S/c1-32(2)25(19-9-5-3-6-10-19)20-13-15-21(16-14-20)29-24(33)17-28-26(34)27-30-23(31-37-27)18-38(35,36)22-11-7-4-8-12-22/h3-12,20-21,25H,13-18H2,1-2H3,(H,28,34)(H,29,33). The molecular formula is C27H33N5O5S. The van der Waals surface area contributed by atoms with Gasteiger partial charge in [-0.15, -0.1) is 0 Å².